The van der Waals surface area contributed by atoms with Crippen LogP contribution >= 0.6 is 11.6 Å². The Morgan fingerprint density at radius 1 is 1.24 bits per heavy atom. The molecule has 0 heterocycles. The SMILES string of the molecule is C=C/C(=C\C(Cl)=C(/CC)C(=O)NCC1=C(OC)CCCC(CC(OCC(F)(F)C(F)F)C(=O)O)=C1)OCCC.CC. The number of carbonyl (C=O) groups is 2. The second kappa shape index (κ2) is 20.1. The number of methoxy groups -OCH3 is 1. The zero-order valence-electron chi connectivity index (χ0n) is 24.3. The van der Waals surface area contributed by atoms with Crippen LogP contribution in [0.3, 0.4) is 0 Å². The molecule has 0 aromatic rings. The van der Waals surface area contributed by atoms with Crippen LogP contribution < -0.4 is 5.32 Å². The van der Waals surface area contributed by atoms with Gasteiger partial charge in [-0.05, 0) is 37.8 Å². The minimum absolute atomic E-state index is 0.00554. The molecule has 1 amide bonds. The molecule has 0 aliphatic heterocycles. The van der Waals surface area contributed by atoms with E-state index in [1.165, 1.54) is 19.3 Å². The van der Waals surface area contributed by atoms with E-state index in [-0.39, 0.29) is 18.0 Å². The van der Waals surface area contributed by atoms with E-state index in [0.717, 1.165) is 6.42 Å². The minimum Gasteiger partial charge on any atom is -0.501 e. The Labute approximate surface area is 244 Å². The fourth-order valence-electron chi connectivity index (χ4n) is 3.62. The molecule has 0 bridgehead atoms. The zero-order valence-corrected chi connectivity index (χ0v) is 25.1. The number of carboxylic acids is 1. The van der Waals surface area contributed by atoms with E-state index in [4.69, 9.17) is 21.1 Å². The van der Waals surface area contributed by atoms with Crippen molar-refractivity contribution in [3.63, 3.8) is 0 Å². The van der Waals surface area contributed by atoms with Crippen LogP contribution in [-0.4, -0.2) is 62.3 Å². The van der Waals surface area contributed by atoms with Gasteiger partial charge >= 0.3 is 18.3 Å². The number of nitrogens with one attached hydrogen (secondary N) is 1. The average Bonchev–Trinajstić information content (AvgIpc) is 3.14. The molecular weight excluding hydrogens is 570 g/mol. The van der Waals surface area contributed by atoms with E-state index < -0.39 is 36.9 Å². The maximum absolute atomic E-state index is 13.3. The van der Waals surface area contributed by atoms with Crippen molar-refractivity contribution in [2.75, 3.05) is 26.9 Å². The lowest BCUT2D eigenvalue weighted by Gasteiger charge is -2.20. The lowest BCUT2D eigenvalue weighted by molar-refractivity contribution is -0.185. The number of aliphatic carboxylic acids is 1. The van der Waals surface area contributed by atoms with E-state index in [2.05, 4.69) is 16.6 Å². The van der Waals surface area contributed by atoms with Gasteiger partial charge in [0, 0.05) is 30.5 Å². The molecule has 1 atom stereocenters. The number of alkyl halides is 4. The molecule has 41 heavy (non-hydrogen) atoms. The van der Waals surface area contributed by atoms with Crippen molar-refractivity contribution in [1.29, 1.82) is 0 Å². The van der Waals surface area contributed by atoms with Gasteiger partial charge in [0.1, 0.15) is 18.1 Å². The molecule has 0 spiro atoms. The van der Waals surface area contributed by atoms with Gasteiger partial charge in [0.25, 0.3) is 0 Å². The van der Waals surface area contributed by atoms with E-state index in [1.807, 2.05) is 20.8 Å². The van der Waals surface area contributed by atoms with Gasteiger partial charge in [0.05, 0.1) is 18.7 Å². The van der Waals surface area contributed by atoms with Crippen molar-refractivity contribution in [3.8, 4) is 0 Å². The Morgan fingerprint density at radius 3 is 2.41 bits per heavy atom. The van der Waals surface area contributed by atoms with Crippen molar-refractivity contribution in [2.24, 2.45) is 0 Å². The Morgan fingerprint density at radius 2 is 1.90 bits per heavy atom. The highest BCUT2D eigenvalue weighted by Gasteiger charge is 2.42. The smallest absolute Gasteiger partial charge is 0.333 e. The van der Waals surface area contributed by atoms with Crippen LogP contribution in [0.25, 0.3) is 0 Å². The first kappa shape index (κ1) is 38.2. The summed E-state index contributed by atoms with van der Waals surface area (Å²) in [5, 5.41) is 12.4. The van der Waals surface area contributed by atoms with E-state index >= 15 is 0 Å². The third kappa shape index (κ3) is 13.6. The number of hydrogen-bond acceptors (Lipinski definition) is 5. The van der Waals surface area contributed by atoms with Gasteiger partial charge in [-0.3, -0.25) is 4.79 Å². The molecule has 1 aliphatic rings. The highest BCUT2D eigenvalue weighted by atomic mass is 35.5. The first-order valence-corrected chi connectivity index (χ1v) is 13.9. The molecule has 0 aromatic heterocycles. The van der Waals surface area contributed by atoms with Crippen LogP contribution in [-0.2, 0) is 23.8 Å². The molecular formula is C29H42ClF4NO6. The minimum atomic E-state index is -4.47. The van der Waals surface area contributed by atoms with E-state index in [1.54, 1.807) is 13.0 Å². The van der Waals surface area contributed by atoms with Crippen molar-refractivity contribution >= 4 is 23.5 Å². The summed E-state index contributed by atoms with van der Waals surface area (Å²) in [5.74, 6) is -5.50. The third-order valence-electron chi connectivity index (χ3n) is 5.70. The number of carboxylic acid groups (broad SMARTS) is 1. The normalized spacial score (nSPS) is 15.6. The molecule has 0 radical (unpaired) electrons. The van der Waals surface area contributed by atoms with E-state index in [9.17, 15) is 32.3 Å². The number of halogens is 5. The van der Waals surface area contributed by atoms with Gasteiger partial charge in [-0.1, -0.05) is 57.5 Å². The third-order valence-corrected chi connectivity index (χ3v) is 6.04. The van der Waals surface area contributed by atoms with Crippen molar-refractivity contribution in [2.45, 2.75) is 84.7 Å². The Kier molecular flexibility index (Phi) is 18.8. The van der Waals surface area contributed by atoms with Gasteiger partial charge in [0.2, 0.25) is 5.91 Å². The van der Waals surface area contributed by atoms with Gasteiger partial charge in [-0.15, -0.1) is 0 Å². The van der Waals surface area contributed by atoms with E-state index in [0.29, 0.717) is 60.5 Å². The van der Waals surface area contributed by atoms with Gasteiger partial charge < -0.3 is 24.6 Å². The Hall–Kier alpha value is -2.79. The predicted molar refractivity (Wildman–Crippen MR) is 151 cm³/mol. The summed E-state index contributed by atoms with van der Waals surface area (Å²) >= 11 is 6.39. The van der Waals surface area contributed by atoms with Crippen LogP contribution in [0.1, 0.15) is 66.2 Å². The molecule has 0 saturated heterocycles. The quantitative estimate of drug-likeness (QED) is 0.0776. The lowest BCUT2D eigenvalue weighted by Crippen LogP contribution is -2.36. The molecule has 12 heteroatoms. The maximum atomic E-state index is 13.3. The number of carbonyl (C=O) groups excluding carboxylic acids is 1. The lowest BCUT2D eigenvalue weighted by atomic mass is 10.0. The Balaban J connectivity index is 0.00000781. The topological polar surface area (TPSA) is 94.1 Å². The largest absolute Gasteiger partial charge is 0.501 e. The van der Waals surface area contributed by atoms with Crippen molar-refractivity contribution in [1.82, 2.24) is 5.32 Å². The number of hydrogen-bond donors (Lipinski definition) is 2. The van der Waals surface area contributed by atoms with Crippen LogP contribution in [0, 0.1) is 0 Å². The first-order chi connectivity index (χ1) is 19.4. The fraction of sp³-hybridized carbons (Fsp3) is 0.586. The highest BCUT2D eigenvalue weighted by molar-refractivity contribution is 6.33. The summed E-state index contributed by atoms with van der Waals surface area (Å²) in [5.41, 5.74) is 1.36. The summed E-state index contributed by atoms with van der Waals surface area (Å²) in [4.78, 5) is 24.5. The molecule has 1 unspecified atom stereocenters. The number of rotatable bonds is 17. The van der Waals surface area contributed by atoms with Crippen LogP contribution in [0.2, 0.25) is 0 Å². The number of ether oxygens (including phenoxy) is 3. The average molecular weight is 612 g/mol. The molecule has 0 aromatic carbocycles. The second-order valence-corrected chi connectivity index (χ2v) is 9.08. The molecule has 0 saturated carbocycles. The highest BCUT2D eigenvalue weighted by Crippen LogP contribution is 2.28. The molecule has 1 aliphatic carbocycles. The second-order valence-electron chi connectivity index (χ2n) is 8.67. The molecule has 1 rings (SSSR count). The van der Waals surface area contributed by atoms with Crippen LogP contribution in [0.5, 0.6) is 0 Å². The summed E-state index contributed by atoms with van der Waals surface area (Å²) in [6.45, 7) is 10.1. The van der Waals surface area contributed by atoms with Crippen LogP contribution in [0.4, 0.5) is 17.6 Å². The number of allylic oxidation sites excluding steroid dienone is 4. The molecule has 0 fully saturated rings. The zero-order chi connectivity index (χ0) is 31.6. The maximum Gasteiger partial charge on any atom is 0.333 e. The standard InChI is InChI=1S/C27H36ClF4NO6.C2H6/c1-5-11-38-19(6-2)14-21(28)20(7-3)24(34)33-15-18-12-17(9-8-10-22(18)37-4)13-23(25(35)36)39-16-27(31,32)26(29)30;1-2/h6,12,14,23,26H,2,5,7-11,13,15-16H2,1,3-4H3,(H,33,34)(H,35,36);1-2H3/b19-14+,21-20-;. The van der Waals surface area contributed by atoms with Crippen molar-refractivity contribution in [3.05, 3.63) is 58.1 Å². The Bertz CT molecular complexity index is 992. The van der Waals surface area contributed by atoms with Crippen LogP contribution in [0.15, 0.2) is 58.1 Å². The summed E-state index contributed by atoms with van der Waals surface area (Å²) in [6.07, 6.45) is 1.07. The monoisotopic (exact) mass is 611 g/mol. The predicted octanol–water partition coefficient (Wildman–Crippen LogP) is 7.30. The number of amides is 1. The van der Waals surface area contributed by atoms with Crippen molar-refractivity contribution < 1.29 is 46.5 Å². The van der Waals surface area contributed by atoms with Gasteiger partial charge in [-0.25, -0.2) is 13.6 Å². The van der Waals surface area contributed by atoms with Gasteiger partial charge in [0.15, 0.2) is 6.10 Å². The fourth-order valence-corrected chi connectivity index (χ4v) is 3.95. The molecule has 2 N–H and O–H groups in total. The van der Waals surface area contributed by atoms with Gasteiger partial charge in [-0.2, -0.15) is 8.78 Å². The first-order valence-electron chi connectivity index (χ1n) is 13.5. The summed E-state index contributed by atoms with van der Waals surface area (Å²) in [6, 6.07) is 0. The summed E-state index contributed by atoms with van der Waals surface area (Å²) in [7, 11) is 1.46. The molecule has 234 valence electrons. The molecule has 7 nitrogen and oxygen atoms in total. The summed E-state index contributed by atoms with van der Waals surface area (Å²) < 4.78 is 67.1.